The van der Waals surface area contributed by atoms with Crippen LogP contribution in [0.25, 0.3) is 11.2 Å². The number of fused-ring (bicyclic) bond motifs is 1. The van der Waals surface area contributed by atoms with Gasteiger partial charge < -0.3 is 0 Å². The van der Waals surface area contributed by atoms with Crippen molar-refractivity contribution in [1.82, 2.24) is 25.0 Å². The van der Waals surface area contributed by atoms with Crippen molar-refractivity contribution in [2.75, 3.05) is 0 Å². The first kappa shape index (κ1) is 16.7. The monoisotopic (exact) mass is 365 g/mol. The molecular weight excluding hydrogens is 349 g/mol. The second kappa shape index (κ2) is 7.21. The summed E-state index contributed by atoms with van der Waals surface area (Å²) in [6.07, 6.45) is 1.53. The Morgan fingerprint density at radius 1 is 1.04 bits per heavy atom. The number of rotatable bonds is 5. The van der Waals surface area contributed by atoms with Crippen molar-refractivity contribution < 1.29 is 4.39 Å². The molecule has 0 fully saturated rings. The molecule has 7 heteroatoms. The molecule has 0 amide bonds. The molecule has 0 aliphatic heterocycles. The Morgan fingerprint density at radius 3 is 2.58 bits per heavy atom. The third-order valence-electron chi connectivity index (χ3n) is 4.07. The van der Waals surface area contributed by atoms with Gasteiger partial charge in [0.25, 0.3) is 0 Å². The van der Waals surface area contributed by atoms with Gasteiger partial charge in [0.1, 0.15) is 17.2 Å². The van der Waals surface area contributed by atoms with Crippen LogP contribution in [0.3, 0.4) is 0 Å². The molecule has 0 N–H and O–H groups in total. The molecule has 4 rings (SSSR count). The highest BCUT2D eigenvalue weighted by Gasteiger charge is 2.16. The van der Waals surface area contributed by atoms with Crippen molar-refractivity contribution >= 4 is 22.9 Å². The topological polar surface area (TPSA) is 56.5 Å². The van der Waals surface area contributed by atoms with Gasteiger partial charge >= 0.3 is 0 Å². The number of halogens is 1. The molecule has 0 spiro atoms. The Labute approximate surface area is 154 Å². The van der Waals surface area contributed by atoms with Crippen molar-refractivity contribution in [2.45, 2.75) is 23.7 Å². The van der Waals surface area contributed by atoms with Crippen LogP contribution in [-0.4, -0.2) is 25.0 Å². The summed E-state index contributed by atoms with van der Waals surface area (Å²) in [5, 5.41) is 9.52. The lowest BCUT2D eigenvalue weighted by Gasteiger charge is -2.10. The first-order chi connectivity index (χ1) is 12.7. The van der Waals surface area contributed by atoms with Gasteiger partial charge in [-0.1, -0.05) is 59.4 Å². The predicted molar refractivity (Wildman–Crippen MR) is 99.3 cm³/mol. The van der Waals surface area contributed by atoms with E-state index >= 15 is 0 Å². The molecule has 2 aromatic carbocycles. The summed E-state index contributed by atoms with van der Waals surface area (Å²) in [7, 11) is 0. The number of thioether (sulfide) groups is 1. The van der Waals surface area contributed by atoms with Crippen molar-refractivity contribution in [1.29, 1.82) is 0 Å². The van der Waals surface area contributed by atoms with E-state index in [1.165, 1.54) is 24.0 Å². The fourth-order valence-corrected chi connectivity index (χ4v) is 3.67. The van der Waals surface area contributed by atoms with E-state index in [0.717, 1.165) is 10.6 Å². The quantitative estimate of drug-likeness (QED) is 0.391. The maximum atomic E-state index is 13.1. The highest BCUT2D eigenvalue weighted by atomic mass is 32.2. The first-order valence-electron chi connectivity index (χ1n) is 8.21. The van der Waals surface area contributed by atoms with E-state index in [2.05, 4.69) is 39.3 Å². The zero-order valence-corrected chi connectivity index (χ0v) is 14.9. The van der Waals surface area contributed by atoms with Crippen molar-refractivity contribution in [3.63, 3.8) is 0 Å². The van der Waals surface area contributed by atoms with Crippen molar-refractivity contribution in [3.8, 4) is 0 Å². The minimum atomic E-state index is -0.256. The van der Waals surface area contributed by atoms with E-state index in [4.69, 9.17) is 0 Å². The largest absolute Gasteiger partial charge is 0.227 e. The first-order valence-corrected chi connectivity index (χ1v) is 9.09. The van der Waals surface area contributed by atoms with Gasteiger partial charge in [0.15, 0.2) is 11.2 Å². The average molecular weight is 365 g/mol. The molecule has 130 valence electrons. The lowest BCUT2D eigenvalue weighted by molar-refractivity contribution is 0.623. The van der Waals surface area contributed by atoms with Crippen LogP contribution in [0.4, 0.5) is 4.39 Å². The molecular formula is C19H16FN5S. The lowest BCUT2D eigenvalue weighted by Crippen LogP contribution is -2.03. The van der Waals surface area contributed by atoms with Crippen LogP contribution < -0.4 is 0 Å². The summed E-state index contributed by atoms with van der Waals surface area (Å²) in [6.45, 7) is 2.61. The van der Waals surface area contributed by atoms with Gasteiger partial charge in [0, 0.05) is 5.25 Å². The molecule has 0 aliphatic rings. The number of nitrogens with zero attached hydrogens (tertiary/aromatic N) is 5. The van der Waals surface area contributed by atoms with Crippen LogP contribution in [0.1, 0.15) is 23.3 Å². The van der Waals surface area contributed by atoms with Gasteiger partial charge in [-0.05, 0) is 30.2 Å². The van der Waals surface area contributed by atoms with Gasteiger partial charge in [0.2, 0.25) is 0 Å². The van der Waals surface area contributed by atoms with E-state index in [1.54, 1.807) is 28.6 Å². The summed E-state index contributed by atoms with van der Waals surface area (Å²) in [4.78, 5) is 8.73. The molecule has 0 aliphatic carbocycles. The molecule has 2 aromatic heterocycles. The van der Waals surface area contributed by atoms with E-state index in [1.807, 2.05) is 18.2 Å². The van der Waals surface area contributed by atoms with Crippen LogP contribution in [0.5, 0.6) is 0 Å². The Kier molecular flexibility index (Phi) is 4.62. The fraction of sp³-hybridized carbons (Fsp3) is 0.158. The SMILES string of the molecule is CC(Sc1ncnc2c1nnn2Cc1ccc(F)cc1)c1ccccc1. The van der Waals surface area contributed by atoms with Crippen molar-refractivity contribution in [3.05, 3.63) is 77.9 Å². The average Bonchev–Trinajstić information content (AvgIpc) is 3.08. The second-order valence-electron chi connectivity index (χ2n) is 5.90. The van der Waals surface area contributed by atoms with Crippen LogP contribution in [0.2, 0.25) is 0 Å². The summed E-state index contributed by atoms with van der Waals surface area (Å²) in [5.41, 5.74) is 3.51. The van der Waals surface area contributed by atoms with E-state index in [-0.39, 0.29) is 11.1 Å². The van der Waals surface area contributed by atoms with E-state index in [0.29, 0.717) is 17.7 Å². The van der Waals surface area contributed by atoms with Gasteiger partial charge in [-0.3, -0.25) is 0 Å². The highest BCUT2D eigenvalue weighted by Crippen LogP contribution is 2.35. The number of benzene rings is 2. The maximum Gasteiger partial charge on any atom is 0.183 e. The lowest BCUT2D eigenvalue weighted by atomic mass is 10.2. The summed E-state index contributed by atoms with van der Waals surface area (Å²) in [5.74, 6) is -0.256. The standard InChI is InChI=1S/C19H16FN5S/c1-13(15-5-3-2-4-6-15)26-19-17-18(21-12-22-19)25(24-23-17)11-14-7-9-16(20)10-8-14/h2-10,12-13H,11H2,1H3. The molecule has 0 saturated heterocycles. The van der Waals surface area contributed by atoms with E-state index in [9.17, 15) is 4.39 Å². The normalized spacial score (nSPS) is 12.4. The Bertz CT molecular complexity index is 1020. The molecule has 5 nitrogen and oxygen atoms in total. The molecule has 0 radical (unpaired) electrons. The summed E-state index contributed by atoms with van der Waals surface area (Å²) < 4.78 is 14.8. The van der Waals surface area contributed by atoms with Gasteiger partial charge in [0.05, 0.1) is 6.54 Å². The minimum absolute atomic E-state index is 0.233. The van der Waals surface area contributed by atoms with Crippen LogP contribution >= 0.6 is 11.8 Å². The third-order valence-corrected chi connectivity index (χ3v) is 5.22. The van der Waals surface area contributed by atoms with E-state index < -0.39 is 0 Å². The van der Waals surface area contributed by atoms with Crippen LogP contribution in [0.15, 0.2) is 66.0 Å². The molecule has 0 bridgehead atoms. The van der Waals surface area contributed by atoms with Crippen molar-refractivity contribution in [2.24, 2.45) is 0 Å². The Hall–Kier alpha value is -2.80. The minimum Gasteiger partial charge on any atom is -0.227 e. The zero-order chi connectivity index (χ0) is 17.9. The van der Waals surface area contributed by atoms with Gasteiger partial charge in [-0.15, -0.1) is 5.10 Å². The second-order valence-corrected chi connectivity index (χ2v) is 7.22. The van der Waals surface area contributed by atoms with Gasteiger partial charge in [-0.25, -0.2) is 19.0 Å². The number of aromatic nitrogens is 5. The van der Waals surface area contributed by atoms with Gasteiger partial charge in [-0.2, -0.15) is 0 Å². The Balaban J connectivity index is 1.61. The third kappa shape index (κ3) is 3.43. The maximum absolute atomic E-state index is 13.1. The summed E-state index contributed by atoms with van der Waals surface area (Å²) >= 11 is 1.63. The molecule has 26 heavy (non-hydrogen) atoms. The molecule has 1 atom stereocenters. The van der Waals surface area contributed by atoms with Crippen LogP contribution in [0, 0.1) is 5.82 Å². The number of hydrogen-bond donors (Lipinski definition) is 0. The zero-order valence-electron chi connectivity index (χ0n) is 14.1. The molecule has 2 heterocycles. The Morgan fingerprint density at radius 2 is 1.81 bits per heavy atom. The molecule has 1 unspecified atom stereocenters. The molecule has 0 saturated carbocycles. The highest BCUT2D eigenvalue weighted by molar-refractivity contribution is 7.99. The van der Waals surface area contributed by atoms with Crippen LogP contribution in [-0.2, 0) is 6.54 Å². The number of hydrogen-bond acceptors (Lipinski definition) is 5. The molecule has 4 aromatic rings. The fourth-order valence-electron chi connectivity index (χ4n) is 2.69. The summed E-state index contributed by atoms with van der Waals surface area (Å²) in [6, 6.07) is 16.6. The predicted octanol–water partition coefficient (Wildman–Crippen LogP) is 4.26. The smallest absolute Gasteiger partial charge is 0.183 e.